The minimum absolute atomic E-state index is 0.208. The molecule has 168 valence electrons. The van der Waals surface area contributed by atoms with Crippen LogP contribution in [0.25, 0.3) is 0 Å². The number of hydrogen-bond acceptors (Lipinski definition) is 4. The maximum atomic E-state index is 6.12. The van der Waals surface area contributed by atoms with Crippen molar-refractivity contribution in [2.24, 2.45) is 11.8 Å². The van der Waals surface area contributed by atoms with E-state index in [9.17, 15) is 0 Å². The SMILES string of the molecule is CCCCCC(C)(C)OOC1(OOC(C)(C)CCCCC)CCCC(C)C1C. The molecule has 0 N–H and O–H groups in total. The molecule has 4 nitrogen and oxygen atoms in total. The maximum absolute atomic E-state index is 6.12. The van der Waals surface area contributed by atoms with Gasteiger partial charge in [-0.05, 0) is 52.9 Å². The Balaban J connectivity index is 2.75. The topological polar surface area (TPSA) is 36.9 Å². The van der Waals surface area contributed by atoms with Crippen LogP contribution in [0, 0.1) is 11.8 Å². The summed E-state index contributed by atoms with van der Waals surface area (Å²) < 4.78 is 0. The predicted octanol–water partition coefficient (Wildman–Crippen LogP) is 7.75. The van der Waals surface area contributed by atoms with E-state index in [0.29, 0.717) is 5.92 Å². The molecule has 0 aliphatic heterocycles. The van der Waals surface area contributed by atoms with Gasteiger partial charge in [-0.3, -0.25) is 0 Å². The first-order chi connectivity index (χ1) is 13.1. The molecule has 1 rings (SSSR count). The molecule has 0 spiro atoms. The van der Waals surface area contributed by atoms with Gasteiger partial charge in [-0.2, -0.15) is 9.78 Å². The van der Waals surface area contributed by atoms with Crippen molar-refractivity contribution in [1.82, 2.24) is 0 Å². The Labute approximate surface area is 174 Å². The Hall–Kier alpha value is -0.160. The van der Waals surface area contributed by atoms with Gasteiger partial charge in [0.1, 0.15) is 0 Å². The molecule has 1 aliphatic carbocycles. The van der Waals surface area contributed by atoms with Crippen LogP contribution in [0.2, 0.25) is 0 Å². The predicted molar refractivity (Wildman–Crippen MR) is 116 cm³/mol. The summed E-state index contributed by atoms with van der Waals surface area (Å²) in [5.41, 5.74) is -0.662. The van der Waals surface area contributed by atoms with Crippen LogP contribution in [-0.4, -0.2) is 17.0 Å². The molecule has 0 heterocycles. The minimum Gasteiger partial charge on any atom is -0.228 e. The monoisotopic (exact) mass is 400 g/mol. The van der Waals surface area contributed by atoms with E-state index in [4.69, 9.17) is 19.6 Å². The molecule has 4 heteroatoms. The average Bonchev–Trinajstić information content (AvgIpc) is 2.62. The van der Waals surface area contributed by atoms with Crippen LogP contribution in [0.15, 0.2) is 0 Å². The van der Waals surface area contributed by atoms with Crippen molar-refractivity contribution in [3.63, 3.8) is 0 Å². The average molecular weight is 401 g/mol. The van der Waals surface area contributed by atoms with Crippen molar-refractivity contribution >= 4 is 0 Å². The minimum atomic E-state index is -0.832. The van der Waals surface area contributed by atoms with E-state index in [1.165, 1.54) is 32.1 Å². The third-order valence-electron chi connectivity index (χ3n) is 6.31. The lowest BCUT2D eigenvalue weighted by Crippen LogP contribution is -2.50. The Morgan fingerprint density at radius 1 is 0.786 bits per heavy atom. The van der Waals surface area contributed by atoms with Crippen LogP contribution in [0.4, 0.5) is 0 Å². The Bertz CT molecular complexity index is 393. The Morgan fingerprint density at radius 2 is 1.25 bits per heavy atom. The van der Waals surface area contributed by atoms with Gasteiger partial charge in [-0.25, -0.2) is 9.78 Å². The van der Waals surface area contributed by atoms with Gasteiger partial charge in [0.2, 0.25) is 5.79 Å². The van der Waals surface area contributed by atoms with Crippen LogP contribution >= 0.6 is 0 Å². The van der Waals surface area contributed by atoms with E-state index >= 15 is 0 Å². The lowest BCUT2D eigenvalue weighted by atomic mass is 9.77. The molecule has 2 atom stereocenters. The zero-order valence-corrected chi connectivity index (χ0v) is 20.1. The molecule has 0 radical (unpaired) electrons. The quantitative estimate of drug-likeness (QED) is 0.129. The molecule has 2 unspecified atom stereocenters. The molecule has 28 heavy (non-hydrogen) atoms. The molecule has 0 aromatic rings. The normalized spacial score (nSPS) is 23.1. The van der Waals surface area contributed by atoms with Crippen molar-refractivity contribution in [3.8, 4) is 0 Å². The van der Waals surface area contributed by atoms with Gasteiger partial charge >= 0.3 is 0 Å². The van der Waals surface area contributed by atoms with Gasteiger partial charge < -0.3 is 0 Å². The van der Waals surface area contributed by atoms with Gasteiger partial charge in [0, 0.05) is 12.3 Å². The van der Waals surface area contributed by atoms with Gasteiger partial charge in [0.05, 0.1) is 11.2 Å². The van der Waals surface area contributed by atoms with Gasteiger partial charge in [0.25, 0.3) is 0 Å². The first-order valence-electron chi connectivity index (χ1n) is 11.8. The highest BCUT2D eigenvalue weighted by Crippen LogP contribution is 2.43. The van der Waals surface area contributed by atoms with Crippen molar-refractivity contribution in [3.05, 3.63) is 0 Å². The molecule has 0 aromatic carbocycles. The number of hydrogen-bond donors (Lipinski definition) is 0. The van der Waals surface area contributed by atoms with E-state index in [-0.39, 0.29) is 17.1 Å². The lowest BCUT2D eigenvalue weighted by molar-refractivity contribution is -0.559. The van der Waals surface area contributed by atoms with Crippen molar-refractivity contribution in [2.75, 3.05) is 0 Å². The van der Waals surface area contributed by atoms with E-state index in [1.54, 1.807) is 0 Å². The largest absolute Gasteiger partial charge is 0.236 e. The summed E-state index contributed by atoms with van der Waals surface area (Å²) in [6.07, 6.45) is 12.2. The van der Waals surface area contributed by atoms with E-state index < -0.39 is 5.79 Å². The highest BCUT2D eigenvalue weighted by atomic mass is 17.3. The van der Waals surface area contributed by atoms with E-state index in [1.807, 2.05) is 0 Å². The van der Waals surface area contributed by atoms with Crippen LogP contribution < -0.4 is 0 Å². The van der Waals surface area contributed by atoms with Crippen molar-refractivity contribution in [1.29, 1.82) is 0 Å². The molecular weight excluding hydrogens is 352 g/mol. The third-order valence-corrected chi connectivity index (χ3v) is 6.31. The molecule has 1 fully saturated rings. The van der Waals surface area contributed by atoms with E-state index in [2.05, 4.69) is 55.4 Å². The number of unbranched alkanes of at least 4 members (excludes halogenated alkanes) is 4. The van der Waals surface area contributed by atoms with Crippen LogP contribution in [0.5, 0.6) is 0 Å². The zero-order valence-electron chi connectivity index (χ0n) is 20.1. The highest BCUT2D eigenvalue weighted by Gasteiger charge is 2.48. The standard InChI is InChI=1S/C24H48O4/c1-9-11-13-17-22(5,6)25-27-24(19-15-16-20(3)21(24)4)28-26-23(7,8)18-14-12-10-2/h20-21H,9-19H2,1-8H3. The third kappa shape index (κ3) is 8.69. The first-order valence-corrected chi connectivity index (χ1v) is 11.8. The molecular formula is C24H48O4. The molecule has 0 aromatic heterocycles. The second-order valence-electron chi connectivity index (χ2n) is 10.2. The highest BCUT2D eigenvalue weighted by molar-refractivity contribution is 4.84. The summed E-state index contributed by atoms with van der Waals surface area (Å²) in [4.78, 5) is 24.2. The second kappa shape index (κ2) is 11.9. The molecule has 1 saturated carbocycles. The fraction of sp³-hybridized carbons (Fsp3) is 1.00. The van der Waals surface area contributed by atoms with Crippen LogP contribution in [-0.2, 0) is 19.6 Å². The summed E-state index contributed by atoms with van der Waals surface area (Å²) in [7, 11) is 0. The summed E-state index contributed by atoms with van der Waals surface area (Å²) in [6, 6.07) is 0. The lowest BCUT2D eigenvalue weighted by Gasteiger charge is -2.44. The summed E-state index contributed by atoms with van der Waals surface area (Å²) in [5, 5.41) is 0. The smallest absolute Gasteiger partial charge is 0.228 e. The zero-order chi connectivity index (χ0) is 21.3. The summed E-state index contributed by atoms with van der Waals surface area (Å²) in [6.45, 7) is 17.3. The fourth-order valence-electron chi connectivity index (χ4n) is 3.88. The van der Waals surface area contributed by atoms with Gasteiger partial charge in [0.15, 0.2) is 0 Å². The fourth-order valence-corrected chi connectivity index (χ4v) is 3.88. The molecule has 0 saturated heterocycles. The first kappa shape index (κ1) is 25.9. The van der Waals surface area contributed by atoms with E-state index in [0.717, 1.165) is 38.5 Å². The maximum Gasteiger partial charge on any atom is 0.236 e. The van der Waals surface area contributed by atoms with Crippen molar-refractivity contribution in [2.45, 2.75) is 143 Å². The second-order valence-corrected chi connectivity index (χ2v) is 10.2. The molecule has 1 aliphatic rings. The van der Waals surface area contributed by atoms with Gasteiger partial charge in [-0.15, -0.1) is 0 Å². The molecule has 0 bridgehead atoms. The Kier molecular flexibility index (Phi) is 11.0. The van der Waals surface area contributed by atoms with Crippen LogP contribution in [0.1, 0.15) is 126 Å². The molecule has 0 amide bonds. The summed E-state index contributed by atoms with van der Waals surface area (Å²) in [5.74, 6) is -0.117. The van der Waals surface area contributed by atoms with Crippen molar-refractivity contribution < 1.29 is 19.6 Å². The number of rotatable bonds is 14. The Morgan fingerprint density at radius 3 is 1.68 bits per heavy atom. The summed E-state index contributed by atoms with van der Waals surface area (Å²) >= 11 is 0. The van der Waals surface area contributed by atoms with Crippen LogP contribution in [0.3, 0.4) is 0 Å². The van der Waals surface area contributed by atoms with Gasteiger partial charge in [-0.1, -0.05) is 72.6 Å².